The topological polar surface area (TPSA) is 83.8 Å². The van der Waals surface area contributed by atoms with Crippen molar-refractivity contribution in [3.05, 3.63) is 29.3 Å². The third kappa shape index (κ3) is 2.89. The van der Waals surface area contributed by atoms with Gasteiger partial charge in [0.15, 0.2) is 4.93 Å². The molecule has 18 heavy (non-hydrogen) atoms. The Morgan fingerprint density at radius 3 is 2.56 bits per heavy atom. The molecule has 0 saturated carbocycles. The average molecular weight is 281 g/mol. The van der Waals surface area contributed by atoms with E-state index in [0.29, 0.717) is 12.2 Å². The van der Waals surface area contributed by atoms with E-state index in [1.807, 2.05) is 6.07 Å². The molecule has 0 aromatic heterocycles. The molecular formula is C11H14NaO5S. The van der Waals surface area contributed by atoms with Gasteiger partial charge in [-0.2, -0.15) is 8.42 Å². The first-order chi connectivity index (χ1) is 7.86. The Balaban J connectivity index is 0.00000162. The van der Waals surface area contributed by atoms with Crippen LogP contribution in [-0.2, 0) is 23.0 Å². The van der Waals surface area contributed by atoms with Gasteiger partial charge in [-0.25, -0.2) is 0 Å². The second-order valence-electron chi connectivity index (χ2n) is 4.23. The summed E-state index contributed by atoms with van der Waals surface area (Å²) >= 11 is 0. The summed E-state index contributed by atoms with van der Waals surface area (Å²) < 4.78 is 36.3. The predicted molar refractivity (Wildman–Crippen MR) is 67.3 cm³/mol. The Labute approximate surface area is 128 Å². The van der Waals surface area contributed by atoms with Crippen molar-refractivity contribution >= 4 is 39.7 Å². The van der Waals surface area contributed by atoms with Gasteiger partial charge in [0.2, 0.25) is 0 Å². The third-order valence-electron chi connectivity index (χ3n) is 3.15. The molecule has 5 nitrogen and oxygen atoms in total. The molecule has 1 atom stereocenters. The van der Waals surface area contributed by atoms with E-state index < -0.39 is 15.1 Å². The molecule has 0 spiro atoms. The number of benzene rings is 1. The molecule has 0 fully saturated rings. The molecule has 0 amide bonds. The van der Waals surface area contributed by atoms with E-state index in [2.05, 4.69) is 0 Å². The molecular weight excluding hydrogens is 267 g/mol. The van der Waals surface area contributed by atoms with E-state index in [-0.39, 0.29) is 42.4 Å². The molecule has 1 aromatic rings. The van der Waals surface area contributed by atoms with Gasteiger partial charge in [-0.05, 0) is 36.1 Å². The Morgan fingerprint density at radius 1 is 1.33 bits per heavy atom. The second kappa shape index (κ2) is 5.48. The zero-order valence-electron chi connectivity index (χ0n) is 10.4. The number of rotatable bonds is 2. The fourth-order valence-electron chi connectivity index (χ4n) is 2.07. The summed E-state index contributed by atoms with van der Waals surface area (Å²) in [4.78, 5) is -2.06. The van der Waals surface area contributed by atoms with E-state index >= 15 is 0 Å². The molecule has 1 aromatic carbocycles. The van der Waals surface area contributed by atoms with E-state index in [1.54, 1.807) is 19.2 Å². The van der Waals surface area contributed by atoms with E-state index in [0.717, 1.165) is 11.1 Å². The number of hydrogen-bond donors (Lipinski definition) is 2. The zero-order chi connectivity index (χ0) is 12.7. The third-order valence-corrected chi connectivity index (χ3v) is 4.45. The minimum Gasteiger partial charge on any atom is -0.497 e. The van der Waals surface area contributed by atoms with Gasteiger partial charge < -0.3 is 9.84 Å². The molecule has 0 heterocycles. The van der Waals surface area contributed by atoms with Gasteiger partial charge in [0.05, 0.1) is 7.11 Å². The Morgan fingerprint density at radius 2 is 2.00 bits per heavy atom. The molecule has 1 aliphatic rings. The van der Waals surface area contributed by atoms with Gasteiger partial charge in [-0.1, -0.05) is 6.07 Å². The van der Waals surface area contributed by atoms with Crippen molar-refractivity contribution in [1.82, 2.24) is 0 Å². The van der Waals surface area contributed by atoms with Crippen molar-refractivity contribution in [2.45, 2.75) is 24.2 Å². The molecule has 0 bridgehead atoms. The van der Waals surface area contributed by atoms with E-state index in [4.69, 9.17) is 9.29 Å². The summed E-state index contributed by atoms with van der Waals surface area (Å²) in [6.45, 7) is 0. The second-order valence-corrected chi connectivity index (χ2v) is 5.94. The number of ether oxygens (including phenoxy) is 1. The summed E-state index contributed by atoms with van der Waals surface area (Å²) in [6, 6.07) is 5.23. The molecule has 2 rings (SSSR count). The molecule has 0 aliphatic heterocycles. The Hall–Kier alpha value is -0.110. The van der Waals surface area contributed by atoms with Crippen LogP contribution in [0.25, 0.3) is 0 Å². The number of aryl methyl sites for hydroxylation is 1. The van der Waals surface area contributed by atoms with Gasteiger partial charge in [0.25, 0.3) is 10.1 Å². The van der Waals surface area contributed by atoms with Crippen LogP contribution in [0.15, 0.2) is 18.2 Å². The predicted octanol–water partition coefficient (Wildman–Crippen LogP) is 0.380. The first-order valence-electron chi connectivity index (χ1n) is 5.21. The van der Waals surface area contributed by atoms with Crippen LogP contribution in [0.3, 0.4) is 0 Å². The summed E-state index contributed by atoms with van der Waals surface area (Å²) in [6.07, 6.45) is 0.292. The largest absolute Gasteiger partial charge is 0.497 e. The van der Waals surface area contributed by atoms with Gasteiger partial charge in [-0.3, -0.25) is 4.55 Å². The minimum atomic E-state index is -4.46. The van der Waals surface area contributed by atoms with Gasteiger partial charge in [-0.15, -0.1) is 0 Å². The van der Waals surface area contributed by atoms with E-state index in [1.165, 1.54) is 0 Å². The maximum absolute atomic E-state index is 11.1. The van der Waals surface area contributed by atoms with Crippen molar-refractivity contribution in [2.75, 3.05) is 7.11 Å². The standard InChI is InChI=1S/C11H14O5S.Na/c1-16-10-3-2-9-7-11(12,17(13,14)15)5-4-8(9)6-10;/h2-3,6,12H,4-5,7H2,1H3,(H,13,14,15);. The molecule has 7 heteroatoms. The first kappa shape index (κ1) is 15.9. The van der Waals surface area contributed by atoms with Crippen molar-refractivity contribution in [1.29, 1.82) is 0 Å². The molecule has 1 radical (unpaired) electrons. The van der Waals surface area contributed by atoms with Crippen LogP contribution in [0.4, 0.5) is 0 Å². The van der Waals surface area contributed by atoms with Gasteiger partial charge in [0.1, 0.15) is 5.75 Å². The van der Waals surface area contributed by atoms with Crippen LogP contribution in [0, 0.1) is 0 Å². The average Bonchev–Trinajstić information content (AvgIpc) is 2.27. The molecule has 95 valence electrons. The summed E-state index contributed by atoms with van der Waals surface area (Å²) in [5.74, 6) is 0.695. The van der Waals surface area contributed by atoms with E-state index in [9.17, 15) is 13.5 Å². The molecule has 0 saturated heterocycles. The van der Waals surface area contributed by atoms with Crippen molar-refractivity contribution in [3.8, 4) is 5.75 Å². The maximum Gasteiger partial charge on any atom is 0.295 e. The number of aliphatic hydroxyl groups is 1. The number of fused-ring (bicyclic) bond motifs is 1. The van der Waals surface area contributed by atoms with Gasteiger partial charge in [0, 0.05) is 36.0 Å². The van der Waals surface area contributed by atoms with Crippen LogP contribution < -0.4 is 4.74 Å². The van der Waals surface area contributed by atoms with Crippen LogP contribution >= 0.6 is 0 Å². The number of methoxy groups -OCH3 is 1. The smallest absolute Gasteiger partial charge is 0.295 e. The molecule has 1 aliphatic carbocycles. The Bertz CT molecular complexity index is 542. The van der Waals surface area contributed by atoms with Crippen LogP contribution in [0.2, 0.25) is 0 Å². The SMILES string of the molecule is COc1ccc2c(c1)CCC(O)(S(=O)(=O)O)C2.[Na]. The molecule has 1 unspecified atom stereocenters. The molecule has 2 N–H and O–H groups in total. The zero-order valence-corrected chi connectivity index (χ0v) is 13.2. The monoisotopic (exact) mass is 281 g/mol. The van der Waals surface area contributed by atoms with Crippen LogP contribution in [0.1, 0.15) is 17.5 Å². The van der Waals surface area contributed by atoms with Crippen molar-refractivity contribution in [2.24, 2.45) is 0 Å². The summed E-state index contributed by atoms with van der Waals surface area (Å²) in [7, 11) is -2.90. The Kier molecular flexibility index (Phi) is 4.86. The van der Waals surface area contributed by atoms with Gasteiger partial charge >= 0.3 is 0 Å². The maximum atomic E-state index is 11.1. The number of hydrogen-bond acceptors (Lipinski definition) is 4. The summed E-state index contributed by atoms with van der Waals surface area (Å²) in [5.41, 5.74) is 1.66. The van der Waals surface area contributed by atoms with Crippen LogP contribution in [-0.4, -0.2) is 59.7 Å². The quantitative estimate of drug-likeness (QED) is 0.605. The van der Waals surface area contributed by atoms with Crippen molar-refractivity contribution in [3.63, 3.8) is 0 Å². The normalized spacial score (nSPS) is 22.8. The fraction of sp³-hybridized carbons (Fsp3) is 0.455. The first-order valence-corrected chi connectivity index (χ1v) is 6.65. The van der Waals surface area contributed by atoms with Crippen LogP contribution in [0.5, 0.6) is 5.75 Å². The van der Waals surface area contributed by atoms with Crippen molar-refractivity contribution < 1.29 is 22.8 Å². The minimum absolute atomic E-state index is 0. The fourth-order valence-corrected chi connectivity index (χ4v) is 2.77. The summed E-state index contributed by atoms with van der Waals surface area (Å²) in [5, 5.41) is 9.91.